The summed E-state index contributed by atoms with van der Waals surface area (Å²) in [4.78, 5) is 25.2. The minimum atomic E-state index is -0.769. The predicted octanol–water partition coefficient (Wildman–Crippen LogP) is 2.23. The zero-order valence-electron chi connectivity index (χ0n) is 12.7. The van der Waals surface area contributed by atoms with Gasteiger partial charge in [0.25, 0.3) is 0 Å². The summed E-state index contributed by atoms with van der Waals surface area (Å²) < 4.78 is 13.5. The first-order valence-electron chi connectivity index (χ1n) is 7.45. The second-order valence-electron chi connectivity index (χ2n) is 5.76. The van der Waals surface area contributed by atoms with Gasteiger partial charge in [0.2, 0.25) is 11.6 Å². The van der Waals surface area contributed by atoms with Crippen LogP contribution in [0.2, 0.25) is 0 Å². The third-order valence-electron chi connectivity index (χ3n) is 4.22. The molecule has 0 fully saturated rings. The summed E-state index contributed by atoms with van der Waals surface area (Å²) in [6, 6.07) is 9.39. The molecule has 1 unspecified atom stereocenters. The maximum Gasteiger partial charge on any atom is 0.234 e. The number of aromatic hydroxyl groups is 1. The SMILES string of the molecule is O=C1C(=O)c2cc(F)ccc2C2=C1C(c1cccc(O)c1)NC(=S)N2. The van der Waals surface area contributed by atoms with E-state index in [0.29, 0.717) is 16.8 Å². The number of carbonyl (C=O) groups excluding carboxylic acids is 2. The molecule has 7 heteroatoms. The van der Waals surface area contributed by atoms with Crippen LogP contribution < -0.4 is 10.6 Å². The van der Waals surface area contributed by atoms with Crippen LogP contribution in [-0.4, -0.2) is 21.8 Å². The van der Waals surface area contributed by atoms with Crippen molar-refractivity contribution < 1.29 is 19.1 Å². The van der Waals surface area contributed by atoms with Crippen molar-refractivity contribution in [2.24, 2.45) is 0 Å². The summed E-state index contributed by atoms with van der Waals surface area (Å²) >= 11 is 5.22. The van der Waals surface area contributed by atoms with Crippen LogP contribution in [0.5, 0.6) is 5.75 Å². The van der Waals surface area contributed by atoms with Gasteiger partial charge in [-0.05, 0) is 48.1 Å². The molecule has 0 spiro atoms. The van der Waals surface area contributed by atoms with Gasteiger partial charge in [-0.15, -0.1) is 0 Å². The van der Waals surface area contributed by atoms with Gasteiger partial charge in [0, 0.05) is 11.1 Å². The molecule has 0 aromatic heterocycles. The molecule has 1 heterocycles. The van der Waals surface area contributed by atoms with E-state index in [1.807, 2.05) is 0 Å². The smallest absolute Gasteiger partial charge is 0.234 e. The van der Waals surface area contributed by atoms with Gasteiger partial charge in [-0.3, -0.25) is 9.59 Å². The quantitative estimate of drug-likeness (QED) is 0.538. The van der Waals surface area contributed by atoms with Crippen molar-refractivity contribution in [1.82, 2.24) is 10.6 Å². The minimum Gasteiger partial charge on any atom is -0.508 e. The summed E-state index contributed by atoms with van der Waals surface area (Å²) in [6.07, 6.45) is 0. The second-order valence-corrected chi connectivity index (χ2v) is 6.17. The first-order chi connectivity index (χ1) is 12.0. The highest BCUT2D eigenvalue weighted by Crippen LogP contribution is 2.37. The van der Waals surface area contributed by atoms with Gasteiger partial charge in [0.1, 0.15) is 11.6 Å². The van der Waals surface area contributed by atoms with E-state index in [-0.39, 0.29) is 22.0 Å². The third kappa shape index (κ3) is 2.40. The molecule has 2 aliphatic rings. The Hall–Kier alpha value is -3.06. The van der Waals surface area contributed by atoms with Crippen molar-refractivity contribution in [3.63, 3.8) is 0 Å². The van der Waals surface area contributed by atoms with Crippen LogP contribution >= 0.6 is 12.2 Å². The second kappa shape index (κ2) is 5.49. The van der Waals surface area contributed by atoms with Crippen molar-refractivity contribution >= 4 is 34.6 Å². The lowest BCUT2D eigenvalue weighted by Crippen LogP contribution is -2.47. The van der Waals surface area contributed by atoms with Crippen LogP contribution in [0.15, 0.2) is 48.0 Å². The van der Waals surface area contributed by atoms with Crippen LogP contribution in [0.25, 0.3) is 5.70 Å². The van der Waals surface area contributed by atoms with Crippen molar-refractivity contribution in [3.05, 3.63) is 70.5 Å². The zero-order valence-corrected chi connectivity index (χ0v) is 13.5. The van der Waals surface area contributed by atoms with E-state index in [2.05, 4.69) is 10.6 Å². The number of hydrogen-bond acceptors (Lipinski definition) is 4. The number of nitrogens with one attached hydrogen (secondary N) is 2. The van der Waals surface area contributed by atoms with Crippen LogP contribution in [0.3, 0.4) is 0 Å². The monoisotopic (exact) mass is 354 g/mol. The summed E-state index contributed by atoms with van der Waals surface area (Å²) in [7, 11) is 0. The Morgan fingerprint density at radius 2 is 1.84 bits per heavy atom. The lowest BCUT2D eigenvalue weighted by molar-refractivity contribution is -0.112. The molecule has 0 bridgehead atoms. The molecule has 5 nitrogen and oxygen atoms in total. The van der Waals surface area contributed by atoms with Gasteiger partial charge in [-0.1, -0.05) is 12.1 Å². The molecule has 124 valence electrons. The van der Waals surface area contributed by atoms with Gasteiger partial charge in [0.15, 0.2) is 5.11 Å². The summed E-state index contributed by atoms with van der Waals surface area (Å²) in [5.41, 5.74) is 1.61. The number of phenols is 1. The van der Waals surface area contributed by atoms with E-state index >= 15 is 0 Å². The molecule has 0 radical (unpaired) electrons. The summed E-state index contributed by atoms with van der Waals surface area (Å²) in [5, 5.41) is 15.9. The topological polar surface area (TPSA) is 78.4 Å². The maximum atomic E-state index is 13.5. The van der Waals surface area contributed by atoms with Gasteiger partial charge in [-0.25, -0.2) is 4.39 Å². The summed E-state index contributed by atoms with van der Waals surface area (Å²) in [6.45, 7) is 0. The van der Waals surface area contributed by atoms with E-state index in [1.165, 1.54) is 24.3 Å². The van der Waals surface area contributed by atoms with Crippen molar-refractivity contribution in [3.8, 4) is 5.75 Å². The van der Waals surface area contributed by atoms with Crippen LogP contribution in [0.4, 0.5) is 4.39 Å². The first-order valence-corrected chi connectivity index (χ1v) is 7.86. The highest BCUT2D eigenvalue weighted by Gasteiger charge is 2.40. The van der Waals surface area contributed by atoms with E-state index in [1.54, 1.807) is 12.1 Å². The number of Topliss-reactive ketones (excluding diaryl/α,β-unsaturated/α-hetero) is 2. The third-order valence-corrected chi connectivity index (χ3v) is 4.44. The lowest BCUT2D eigenvalue weighted by Gasteiger charge is -2.34. The molecular formula is C18H11FN2O3S. The molecule has 4 rings (SSSR count). The normalized spacial score (nSPS) is 19.1. The molecule has 2 aromatic carbocycles. The van der Waals surface area contributed by atoms with Crippen molar-refractivity contribution in [1.29, 1.82) is 0 Å². The van der Waals surface area contributed by atoms with E-state index in [9.17, 15) is 19.1 Å². The van der Waals surface area contributed by atoms with E-state index in [0.717, 1.165) is 6.07 Å². The highest BCUT2D eigenvalue weighted by molar-refractivity contribution is 7.80. The molecule has 1 aliphatic carbocycles. The number of fused-ring (bicyclic) bond motifs is 2. The number of ketones is 2. The molecule has 0 saturated carbocycles. The Morgan fingerprint density at radius 3 is 2.60 bits per heavy atom. The van der Waals surface area contributed by atoms with Gasteiger partial charge in [-0.2, -0.15) is 0 Å². The molecular weight excluding hydrogens is 343 g/mol. The maximum absolute atomic E-state index is 13.5. The first kappa shape index (κ1) is 15.5. The molecule has 2 aromatic rings. The lowest BCUT2D eigenvalue weighted by atomic mass is 9.81. The van der Waals surface area contributed by atoms with Gasteiger partial charge >= 0.3 is 0 Å². The minimum absolute atomic E-state index is 0.00982. The fraction of sp³-hybridized carbons (Fsp3) is 0.0556. The molecule has 0 saturated heterocycles. The van der Waals surface area contributed by atoms with Crippen LogP contribution in [0.1, 0.15) is 27.5 Å². The fourth-order valence-electron chi connectivity index (χ4n) is 3.14. The Morgan fingerprint density at radius 1 is 1.04 bits per heavy atom. The van der Waals surface area contributed by atoms with Crippen molar-refractivity contribution in [2.75, 3.05) is 0 Å². The van der Waals surface area contributed by atoms with Crippen LogP contribution in [-0.2, 0) is 4.79 Å². The Kier molecular flexibility index (Phi) is 3.40. The Balaban J connectivity index is 1.97. The molecule has 1 aliphatic heterocycles. The molecule has 25 heavy (non-hydrogen) atoms. The van der Waals surface area contributed by atoms with Gasteiger partial charge in [0.05, 0.1) is 17.3 Å². The highest BCUT2D eigenvalue weighted by atomic mass is 32.1. The predicted molar refractivity (Wildman–Crippen MR) is 92.4 cm³/mol. The standard InChI is InChI=1S/C18H11FN2O3S/c19-9-4-5-11-12(7-9)16(23)17(24)13-14(20-18(25)21-15(11)13)8-2-1-3-10(22)6-8/h1-7,14,22H,(H2,20,21,25). The number of rotatable bonds is 1. The number of benzene rings is 2. The molecule has 0 amide bonds. The molecule has 3 N–H and O–H groups in total. The van der Waals surface area contributed by atoms with E-state index < -0.39 is 23.4 Å². The van der Waals surface area contributed by atoms with Gasteiger partial charge < -0.3 is 15.7 Å². The summed E-state index contributed by atoms with van der Waals surface area (Å²) in [5.74, 6) is -2.06. The number of thiocarbonyl (C=S) groups is 1. The Bertz CT molecular complexity index is 1000. The average molecular weight is 354 g/mol. The fourth-order valence-corrected chi connectivity index (χ4v) is 3.36. The zero-order chi connectivity index (χ0) is 17.7. The average Bonchev–Trinajstić information content (AvgIpc) is 2.59. The number of phenolic OH excluding ortho intramolecular Hbond substituents is 1. The number of hydrogen-bond donors (Lipinski definition) is 3. The Labute approximate surface area is 147 Å². The largest absolute Gasteiger partial charge is 0.508 e. The number of halogens is 1. The van der Waals surface area contributed by atoms with Crippen LogP contribution in [0, 0.1) is 5.82 Å². The number of carbonyl (C=O) groups is 2. The van der Waals surface area contributed by atoms with Crippen molar-refractivity contribution in [2.45, 2.75) is 6.04 Å². The van der Waals surface area contributed by atoms with E-state index in [4.69, 9.17) is 12.2 Å². The molecule has 1 atom stereocenters.